The first-order valence-electron chi connectivity index (χ1n) is 7.36. The van der Waals surface area contributed by atoms with Gasteiger partial charge in [0.05, 0.1) is 12.7 Å². The van der Waals surface area contributed by atoms with Crippen LogP contribution in [0.5, 0.6) is 0 Å². The number of benzene rings is 1. The number of methoxy groups -OCH3 is 1. The lowest BCUT2D eigenvalue weighted by Crippen LogP contribution is -2.44. The molecule has 0 fully saturated rings. The van der Waals surface area contributed by atoms with E-state index in [1.807, 2.05) is 0 Å². The lowest BCUT2D eigenvalue weighted by molar-refractivity contribution is -0.138. The van der Waals surface area contributed by atoms with Crippen LogP contribution in [0.1, 0.15) is 31.1 Å². The standard InChI is InChI=1S/C16H22N2O6S/c1-16(2,3)24-15(22)18-11(13(19)20)8-25-12-6-5-9(7-10(12)17)14(21)23-4/h5-7,11H,8,17H2,1-4H3,(H,18,22)(H,19,20). The maximum Gasteiger partial charge on any atom is 0.408 e. The van der Waals surface area contributed by atoms with Gasteiger partial charge in [-0.05, 0) is 39.0 Å². The van der Waals surface area contributed by atoms with Gasteiger partial charge < -0.3 is 25.6 Å². The molecular weight excluding hydrogens is 348 g/mol. The zero-order valence-electron chi connectivity index (χ0n) is 14.5. The highest BCUT2D eigenvalue weighted by Gasteiger charge is 2.24. The van der Waals surface area contributed by atoms with Gasteiger partial charge in [-0.2, -0.15) is 0 Å². The Morgan fingerprint density at radius 1 is 1.32 bits per heavy atom. The third-order valence-electron chi connectivity index (χ3n) is 2.83. The van der Waals surface area contributed by atoms with Crippen molar-refractivity contribution in [3.8, 4) is 0 Å². The number of nitrogens with two attached hydrogens (primary N) is 1. The minimum Gasteiger partial charge on any atom is -0.480 e. The predicted molar refractivity (Wildman–Crippen MR) is 93.7 cm³/mol. The summed E-state index contributed by atoms with van der Waals surface area (Å²) in [5, 5.41) is 11.5. The second-order valence-corrected chi connectivity index (χ2v) is 7.15. The molecule has 1 rings (SSSR count). The van der Waals surface area contributed by atoms with Crippen molar-refractivity contribution in [2.24, 2.45) is 0 Å². The van der Waals surface area contributed by atoms with E-state index in [0.29, 0.717) is 16.1 Å². The van der Waals surface area contributed by atoms with Crippen LogP contribution in [0.3, 0.4) is 0 Å². The van der Waals surface area contributed by atoms with Crippen molar-refractivity contribution in [2.75, 3.05) is 18.6 Å². The van der Waals surface area contributed by atoms with E-state index in [2.05, 4.69) is 10.1 Å². The largest absolute Gasteiger partial charge is 0.480 e. The highest BCUT2D eigenvalue weighted by atomic mass is 32.2. The minimum atomic E-state index is -1.19. The van der Waals surface area contributed by atoms with Gasteiger partial charge in [0.15, 0.2) is 0 Å². The Hall–Kier alpha value is -2.42. The zero-order valence-corrected chi connectivity index (χ0v) is 15.3. The summed E-state index contributed by atoms with van der Waals surface area (Å²) in [6.07, 6.45) is -0.811. The van der Waals surface area contributed by atoms with Gasteiger partial charge in [-0.3, -0.25) is 0 Å². The van der Waals surface area contributed by atoms with Crippen LogP contribution in [-0.4, -0.2) is 47.6 Å². The SMILES string of the molecule is COC(=O)c1ccc(SCC(NC(=O)OC(C)(C)C)C(=O)O)c(N)c1. The van der Waals surface area contributed by atoms with Gasteiger partial charge in [0.25, 0.3) is 0 Å². The Bertz CT molecular complexity index is 657. The quantitative estimate of drug-likeness (QED) is 0.395. The fourth-order valence-electron chi connectivity index (χ4n) is 1.72. The van der Waals surface area contributed by atoms with Crippen molar-refractivity contribution >= 4 is 35.5 Å². The van der Waals surface area contributed by atoms with Gasteiger partial charge in [0.1, 0.15) is 11.6 Å². The summed E-state index contributed by atoms with van der Waals surface area (Å²) < 4.78 is 9.65. The molecule has 8 nitrogen and oxygen atoms in total. The van der Waals surface area contributed by atoms with Gasteiger partial charge in [-0.15, -0.1) is 11.8 Å². The molecule has 0 heterocycles. The normalized spacial score (nSPS) is 12.2. The number of hydrogen-bond acceptors (Lipinski definition) is 7. The Balaban J connectivity index is 2.73. The number of esters is 1. The molecule has 0 aliphatic carbocycles. The molecule has 1 atom stereocenters. The molecular formula is C16H22N2O6S. The summed E-state index contributed by atoms with van der Waals surface area (Å²) in [7, 11) is 1.26. The summed E-state index contributed by atoms with van der Waals surface area (Å²) in [6.45, 7) is 5.04. The van der Waals surface area contributed by atoms with E-state index >= 15 is 0 Å². The summed E-state index contributed by atoms with van der Waals surface area (Å²) in [6, 6.07) is 3.42. The molecule has 4 N–H and O–H groups in total. The van der Waals surface area contributed by atoms with Crippen molar-refractivity contribution in [3.05, 3.63) is 23.8 Å². The second-order valence-electron chi connectivity index (χ2n) is 6.09. The molecule has 138 valence electrons. The molecule has 25 heavy (non-hydrogen) atoms. The number of carbonyl (C=O) groups is 3. The van der Waals surface area contributed by atoms with Crippen LogP contribution in [0.15, 0.2) is 23.1 Å². The molecule has 0 aliphatic rings. The molecule has 1 aromatic rings. The fraction of sp³-hybridized carbons (Fsp3) is 0.438. The van der Waals surface area contributed by atoms with E-state index in [0.717, 1.165) is 11.8 Å². The second kappa shape index (κ2) is 8.61. The maximum absolute atomic E-state index is 11.7. The van der Waals surface area contributed by atoms with Crippen LogP contribution >= 0.6 is 11.8 Å². The third kappa shape index (κ3) is 6.92. The number of amides is 1. The Morgan fingerprint density at radius 2 is 1.96 bits per heavy atom. The zero-order chi connectivity index (χ0) is 19.2. The number of anilines is 1. The van der Waals surface area contributed by atoms with Crippen molar-refractivity contribution in [2.45, 2.75) is 37.3 Å². The number of ether oxygens (including phenoxy) is 2. The van der Waals surface area contributed by atoms with Gasteiger partial charge in [0, 0.05) is 16.3 Å². The van der Waals surface area contributed by atoms with E-state index < -0.39 is 29.7 Å². The molecule has 0 radical (unpaired) electrons. The van der Waals surface area contributed by atoms with E-state index in [4.69, 9.17) is 10.5 Å². The smallest absolute Gasteiger partial charge is 0.408 e. The molecule has 0 spiro atoms. The molecule has 0 aliphatic heterocycles. The van der Waals surface area contributed by atoms with Crippen LogP contribution in [-0.2, 0) is 14.3 Å². The van der Waals surface area contributed by atoms with Crippen molar-refractivity contribution in [3.63, 3.8) is 0 Å². The highest BCUT2D eigenvalue weighted by Crippen LogP contribution is 2.27. The molecule has 0 saturated carbocycles. The average Bonchev–Trinajstić information content (AvgIpc) is 2.49. The molecule has 1 unspecified atom stereocenters. The van der Waals surface area contributed by atoms with Crippen LogP contribution in [0, 0.1) is 0 Å². The summed E-state index contributed by atoms with van der Waals surface area (Å²) in [4.78, 5) is 35.1. The van der Waals surface area contributed by atoms with Crippen LogP contribution in [0.2, 0.25) is 0 Å². The van der Waals surface area contributed by atoms with Crippen molar-refractivity contribution in [1.29, 1.82) is 0 Å². The lowest BCUT2D eigenvalue weighted by Gasteiger charge is -2.22. The maximum atomic E-state index is 11.7. The van der Waals surface area contributed by atoms with Gasteiger partial charge in [-0.1, -0.05) is 0 Å². The number of nitrogens with one attached hydrogen (secondary N) is 1. The summed E-state index contributed by atoms with van der Waals surface area (Å²) in [5.74, 6) is -1.67. The van der Waals surface area contributed by atoms with Gasteiger partial charge >= 0.3 is 18.0 Å². The third-order valence-corrected chi connectivity index (χ3v) is 4.01. The van der Waals surface area contributed by atoms with Gasteiger partial charge in [0.2, 0.25) is 0 Å². The first kappa shape index (κ1) is 20.6. The van der Waals surface area contributed by atoms with E-state index in [1.165, 1.54) is 19.2 Å². The van der Waals surface area contributed by atoms with E-state index in [-0.39, 0.29) is 5.75 Å². The number of nitrogen functional groups attached to an aromatic ring is 1. The molecule has 0 aromatic heterocycles. The van der Waals surface area contributed by atoms with Crippen LogP contribution in [0.4, 0.5) is 10.5 Å². The number of carboxylic acid groups (broad SMARTS) is 1. The predicted octanol–water partition coefficient (Wildman–Crippen LogP) is 2.13. The van der Waals surface area contributed by atoms with Gasteiger partial charge in [-0.25, -0.2) is 14.4 Å². The molecule has 1 aromatic carbocycles. The first-order chi connectivity index (χ1) is 11.5. The monoisotopic (exact) mass is 370 g/mol. The topological polar surface area (TPSA) is 128 Å². The van der Waals surface area contributed by atoms with Crippen LogP contribution < -0.4 is 11.1 Å². The first-order valence-corrected chi connectivity index (χ1v) is 8.35. The van der Waals surface area contributed by atoms with E-state index in [1.54, 1.807) is 26.8 Å². The number of aliphatic carboxylic acids is 1. The Kier molecular flexibility index (Phi) is 7.10. The van der Waals surface area contributed by atoms with E-state index in [9.17, 15) is 19.5 Å². The van der Waals surface area contributed by atoms with Crippen molar-refractivity contribution < 1.29 is 29.0 Å². The number of carbonyl (C=O) groups excluding carboxylic acids is 2. The number of alkyl carbamates (subject to hydrolysis) is 1. The summed E-state index contributed by atoms with van der Waals surface area (Å²) >= 11 is 1.14. The lowest BCUT2D eigenvalue weighted by atomic mass is 10.2. The summed E-state index contributed by atoms with van der Waals surface area (Å²) in [5.41, 5.74) is 5.76. The van der Waals surface area contributed by atoms with Crippen molar-refractivity contribution in [1.82, 2.24) is 5.32 Å². The molecule has 0 bridgehead atoms. The average molecular weight is 370 g/mol. The van der Waals surface area contributed by atoms with Crippen LogP contribution in [0.25, 0.3) is 0 Å². The highest BCUT2D eigenvalue weighted by molar-refractivity contribution is 7.99. The number of carboxylic acids is 1. The molecule has 1 amide bonds. The Labute approximate surface area is 150 Å². The molecule has 9 heteroatoms. The molecule has 0 saturated heterocycles. The Morgan fingerprint density at radius 3 is 2.44 bits per heavy atom. The number of rotatable bonds is 6. The minimum absolute atomic E-state index is 0.0380. The fourth-order valence-corrected chi connectivity index (χ4v) is 2.68. The number of hydrogen-bond donors (Lipinski definition) is 3. The number of thioether (sulfide) groups is 1.